The molecule has 2 N–H and O–H groups in total. The number of hydrogen-bond acceptors (Lipinski definition) is 4. The predicted octanol–water partition coefficient (Wildman–Crippen LogP) is 0.587. The van der Waals surface area contributed by atoms with E-state index in [1.54, 1.807) is 18.2 Å². The third-order valence-electron chi connectivity index (χ3n) is 1.35. The maximum absolute atomic E-state index is 10.2. The van der Waals surface area contributed by atoms with Gasteiger partial charge in [-0.2, -0.15) is 4.98 Å². The molecule has 0 aliphatic heterocycles. The number of carboxylic acids is 1. The first-order chi connectivity index (χ1) is 6.22. The van der Waals surface area contributed by atoms with E-state index in [9.17, 15) is 4.79 Å². The molecular formula is C8H10N2O3. The number of methoxy groups -OCH3 is 1. The van der Waals surface area contributed by atoms with Gasteiger partial charge in [0.1, 0.15) is 12.4 Å². The summed E-state index contributed by atoms with van der Waals surface area (Å²) in [5.74, 6) is 0.0155. The molecule has 0 bridgehead atoms. The second-order valence-corrected chi connectivity index (χ2v) is 2.31. The van der Waals surface area contributed by atoms with E-state index in [2.05, 4.69) is 10.3 Å². The SMILES string of the molecule is COc1cccc(NCC(=O)O)n1. The van der Waals surface area contributed by atoms with E-state index >= 15 is 0 Å². The normalized spacial score (nSPS) is 9.31. The van der Waals surface area contributed by atoms with Crippen molar-refractivity contribution >= 4 is 11.8 Å². The lowest BCUT2D eigenvalue weighted by molar-refractivity contribution is -0.134. The number of rotatable bonds is 4. The van der Waals surface area contributed by atoms with Crippen molar-refractivity contribution in [1.82, 2.24) is 4.98 Å². The molecule has 70 valence electrons. The molecule has 1 aromatic heterocycles. The molecule has 0 saturated heterocycles. The number of carboxylic acid groups (broad SMARTS) is 1. The molecular weight excluding hydrogens is 172 g/mol. The van der Waals surface area contributed by atoms with Crippen LogP contribution in [0.15, 0.2) is 18.2 Å². The molecule has 5 heteroatoms. The van der Waals surface area contributed by atoms with Gasteiger partial charge in [-0.15, -0.1) is 0 Å². The molecule has 0 aliphatic rings. The molecule has 13 heavy (non-hydrogen) atoms. The van der Waals surface area contributed by atoms with Gasteiger partial charge in [0.05, 0.1) is 7.11 Å². The maximum atomic E-state index is 10.2. The van der Waals surface area contributed by atoms with Gasteiger partial charge >= 0.3 is 5.97 Å². The molecule has 0 aliphatic carbocycles. The van der Waals surface area contributed by atoms with Gasteiger partial charge in [-0.05, 0) is 6.07 Å². The van der Waals surface area contributed by atoms with Gasteiger partial charge in [-0.25, -0.2) is 0 Å². The van der Waals surface area contributed by atoms with E-state index in [1.165, 1.54) is 7.11 Å². The number of hydrogen-bond donors (Lipinski definition) is 2. The van der Waals surface area contributed by atoms with Gasteiger partial charge in [-0.1, -0.05) is 6.07 Å². The van der Waals surface area contributed by atoms with Crippen LogP contribution in [0.5, 0.6) is 5.88 Å². The topological polar surface area (TPSA) is 71.5 Å². The average Bonchev–Trinajstić information content (AvgIpc) is 2.15. The number of anilines is 1. The van der Waals surface area contributed by atoms with Crippen LogP contribution in [0.1, 0.15) is 0 Å². The van der Waals surface area contributed by atoms with Crippen LogP contribution < -0.4 is 10.1 Å². The minimum atomic E-state index is -0.926. The van der Waals surface area contributed by atoms with Crippen LogP contribution in [0.4, 0.5) is 5.82 Å². The highest BCUT2D eigenvalue weighted by atomic mass is 16.5. The first kappa shape index (κ1) is 9.31. The van der Waals surface area contributed by atoms with Crippen molar-refractivity contribution < 1.29 is 14.6 Å². The highest BCUT2D eigenvalue weighted by molar-refractivity contribution is 5.72. The zero-order chi connectivity index (χ0) is 9.68. The van der Waals surface area contributed by atoms with E-state index < -0.39 is 5.97 Å². The van der Waals surface area contributed by atoms with Crippen LogP contribution in [0.3, 0.4) is 0 Å². The van der Waals surface area contributed by atoms with Gasteiger partial charge in [0, 0.05) is 6.07 Å². The van der Waals surface area contributed by atoms with Gasteiger partial charge < -0.3 is 15.2 Å². The summed E-state index contributed by atoms with van der Waals surface area (Å²) in [6, 6.07) is 5.09. The Morgan fingerprint density at radius 1 is 1.69 bits per heavy atom. The Balaban J connectivity index is 2.61. The van der Waals surface area contributed by atoms with Crippen LogP contribution in [0.25, 0.3) is 0 Å². The molecule has 0 atom stereocenters. The Labute approximate surface area is 75.4 Å². The molecule has 5 nitrogen and oxygen atoms in total. The fraction of sp³-hybridized carbons (Fsp3) is 0.250. The largest absolute Gasteiger partial charge is 0.481 e. The second kappa shape index (κ2) is 4.30. The number of ether oxygens (including phenoxy) is 1. The van der Waals surface area contributed by atoms with Crippen LogP contribution >= 0.6 is 0 Å². The first-order valence-electron chi connectivity index (χ1n) is 3.69. The Morgan fingerprint density at radius 2 is 2.46 bits per heavy atom. The molecule has 1 heterocycles. The Kier molecular flexibility index (Phi) is 3.08. The Morgan fingerprint density at radius 3 is 3.08 bits per heavy atom. The van der Waals surface area contributed by atoms with E-state index in [4.69, 9.17) is 9.84 Å². The molecule has 0 amide bonds. The molecule has 0 unspecified atom stereocenters. The van der Waals surface area contributed by atoms with E-state index in [0.717, 1.165) is 0 Å². The van der Waals surface area contributed by atoms with Gasteiger partial charge in [0.2, 0.25) is 5.88 Å². The number of aliphatic carboxylic acids is 1. The molecule has 0 aromatic carbocycles. The van der Waals surface area contributed by atoms with Gasteiger partial charge in [0.25, 0.3) is 0 Å². The summed E-state index contributed by atoms with van der Waals surface area (Å²) in [6.45, 7) is -0.153. The van der Waals surface area contributed by atoms with Gasteiger partial charge in [-0.3, -0.25) is 4.79 Å². The minimum absolute atomic E-state index is 0.153. The molecule has 0 saturated carbocycles. The standard InChI is InChI=1S/C8H10N2O3/c1-13-7-4-2-3-6(10-7)9-5-8(11)12/h2-4H,5H2,1H3,(H,9,10)(H,11,12). The maximum Gasteiger partial charge on any atom is 0.322 e. The summed E-state index contributed by atoms with van der Waals surface area (Å²) in [5, 5.41) is 11.0. The quantitative estimate of drug-likeness (QED) is 0.712. The lowest BCUT2D eigenvalue weighted by atomic mass is 10.4. The van der Waals surface area contributed by atoms with Crippen molar-refractivity contribution in [3.05, 3.63) is 18.2 Å². The van der Waals surface area contributed by atoms with Crippen molar-refractivity contribution in [2.45, 2.75) is 0 Å². The van der Waals surface area contributed by atoms with E-state index in [0.29, 0.717) is 11.7 Å². The van der Waals surface area contributed by atoms with Crippen LogP contribution in [0, 0.1) is 0 Å². The molecule has 0 spiro atoms. The average molecular weight is 182 g/mol. The van der Waals surface area contributed by atoms with Crippen molar-refractivity contribution in [1.29, 1.82) is 0 Å². The molecule has 0 radical (unpaired) electrons. The number of aromatic nitrogens is 1. The van der Waals surface area contributed by atoms with Crippen molar-refractivity contribution in [2.75, 3.05) is 19.0 Å². The fourth-order valence-corrected chi connectivity index (χ4v) is 0.793. The predicted molar refractivity (Wildman–Crippen MR) is 46.9 cm³/mol. The smallest absolute Gasteiger partial charge is 0.322 e. The zero-order valence-electron chi connectivity index (χ0n) is 7.15. The summed E-state index contributed by atoms with van der Waals surface area (Å²) < 4.78 is 4.86. The monoisotopic (exact) mass is 182 g/mol. The second-order valence-electron chi connectivity index (χ2n) is 2.31. The summed E-state index contributed by atoms with van der Waals surface area (Å²) in [6.07, 6.45) is 0. The zero-order valence-corrected chi connectivity index (χ0v) is 7.15. The summed E-state index contributed by atoms with van der Waals surface area (Å²) in [7, 11) is 1.50. The molecule has 1 aromatic rings. The van der Waals surface area contributed by atoms with Crippen molar-refractivity contribution in [3.63, 3.8) is 0 Å². The number of nitrogens with one attached hydrogen (secondary N) is 1. The van der Waals surface area contributed by atoms with Crippen LogP contribution in [0.2, 0.25) is 0 Å². The third-order valence-corrected chi connectivity index (χ3v) is 1.35. The fourth-order valence-electron chi connectivity index (χ4n) is 0.793. The van der Waals surface area contributed by atoms with Crippen LogP contribution in [-0.2, 0) is 4.79 Å². The lowest BCUT2D eigenvalue weighted by Crippen LogP contribution is -2.13. The third kappa shape index (κ3) is 2.98. The first-order valence-corrected chi connectivity index (χ1v) is 3.69. The highest BCUT2D eigenvalue weighted by Crippen LogP contribution is 2.09. The molecule has 0 fully saturated rings. The van der Waals surface area contributed by atoms with E-state index in [-0.39, 0.29) is 6.54 Å². The van der Waals surface area contributed by atoms with Crippen molar-refractivity contribution in [3.8, 4) is 5.88 Å². The number of pyridine rings is 1. The lowest BCUT2D eigenvalue weighted by Gasteiger charge is -2.03. The summed E-state index contributed by atoms with van der Waals surface area (Å²) in [5.41, 5.74) is 0. The van der Waals surface area contributed by atoms with Crippen LogP contribution in [-0.4, -0.2) is 29.7 Å². The summed E-state index contributed by atoms with van der Waals surface area (Å²) >= 11 is 0. The minimum Gasteiger partial charge on any atom is -0.481 e. The van der Waals surface area contributed by atoms with E-state index in [1.807, 2.05) is 0 Å². The highest BCUT2D eigenvalue weighted by Gasteiger charge is 1.98. The van der Waals surface area contributed by atoms with Gasteiger partial charge in [0.15, 0.2) is 0 Å². The molecule has 1 rings (SSSR count). The summed E-state index contributed by atoms with van der Waals surface area (Å²) in [4.78, 5) is 14.2. The Bertz CT molecular complexity index is 301. The van der Waals surface area contributed by atoms with Crippen molar-refractivity contribution in [2.24, 2.45) is 0 Å². The number of nitrogens with zero attached hydrogens (tertiary/aromatic N) is 1. The number of carbonyl (C=O) groups is 1. The Hall–Kier alpha value is -1.78.